The van der Waals surface area contributed by atoms with Crippen molar-refractivity contribution in [2.75, 3.05) is 5.32 Å². The monoisotopic (exact) mass is 348 g/mol. The molecule has 0 spiro atoms. The number of thiophene rings is 1. The SMILES string of the molecule is Cc1ccc2oc(-c3cccc(NC(=O)c4cccs4)c3C)nc2c1. The number of hydrogen-bond donors (Lipinski definition) is 1. The van der Waals surface area contributed by atoms with Crippen LogP contribution in [0.1, 0.15) is 20.8 Å². The number of aryl methyl sites for hydroxylation is 1. The van der Waals surface area contributed by atoms with Gasteiger partial charge in [-0.15, -0.1) is 11.3 Å². The van der Waals surface area contributed by atoms with Crippen LogP contribution >= 0.6 is 11.3 Å². The van der Waals surface area contributed by atoms with Gasteiger partial charge in [0.1, 0.15) is 5.52 Å². The molecule has 0 radical (unpaired) electrons. The molecular weight excluding hydrogens is 332 g/mol. The topological polar surface area (TPSA) is 55.1 Å². The fraction of sp³-hybridized carbons (Fsp3) is 0.100. The number of rotatable bonds is 3. The van der Waals surface area contributed by atoms with Gasteiger partial charge in [-0.05, 0) is 60.7 Å². The molecule has 0 saturated carbocycles. The van der Waals surface area contributed by atoms with Gasteiger partial charge in [0.25, 0.3) is 5.91 Å². The number of carbonyl (C=O) groups is 1. The van der Waals surface area contributed by atoms with Crippen LogP contribution in [0.25, 0.3) is 22.6 Å². The number of hydrogen-bond acceptors (Lipinski definition) is 4. The molecule has 25 heavy (non-hydrogen) atoms. The van der Waals surface area contributed by atoms with Crippen LogP contribution in [0, 0.1) is 13.8 Å². The van der Waals surface area contributed by atoms with Gasteiger partial charge in [-0.3, -0.25) is 4.79 Å². The van der Waals surface area contributed by atoms with Crippen molar-refractivity contribution in [3.05, 3.63) is 69.9 Å². The van der Waals surface area contributed by atoms with Crippen LogP contribution in [-0.4, -0.2) is 10.9 Å². The molecule has 1 N–H and O–H groups in total. The van der Waals surface area contributed by atoms with Crippen molar-refractivity contribution in [1.82, 2.24) is 4.98 Å². The van der Waals surface area contributed by atoms with Crippen molar-refractivity contribution in [3.63, 3.8) is 0 Å². The number of aromatic nitrogens is 1. The highest BCUT2D eigenvalue weighted by molar-refractivity contribution is 7.12. The number of anilines is 1. The standard InChI is InChI=1S/C20H16N2O2S/c1-12-8-9-17-16(11-12)22-20(24-17)14-5-3-6-15(13(14)2)21-19(23)18-7-4-10-25-18/h3-11H,1-2H3,(H,21,23). The Morgan fingerprint density at radius 3 is 2.80 bits per heavy atom. The smallest absolute Gasteiger partial charge is 0.265 e. The lowest BCUT2D eigenvalue weighted by Crippen LogP contribution is -2.11. The van der Waals surface area contributed by atoms with Gasteiger partial charge in [0.15, 0.2) is 5.58 Å². The first-order valence-corrected chi connectivity index (χ1v) is 8.82. The van der Waals surface area contributed by atoms with Gasteiger partial charge in [0, 0.05) is 11.3 Å². The molecule has 4 aromatic rings. The normalized spacial score (nSPS) is 11.0. The van der Waals surface area contributed by atoms with E-state index >= 15 is 0 Å². The molecular formula is C20H16N2O2S. The van der Waals surface area contributed by atoms with E-state index in [4.69, 9.17) is 4.42 Å². The lowest BCUT2D eigenvalue weighted by molar-refractivity contribution is 0.103. The molecule has 0 aliphatic rings. The molecule has 2 aromatic heterocycles. The summed E-state index contributed by atoms with van der Waals surface area (Å²) in [4.78, 5) is 17.6. The third-order valence-corrected chi connectivity index (χ3v) is 4.97. The summed E-state index contributed by atoms with van der Waals surface area (Å²) in [5.74, 6) is 0.453. The minimum atomic E-state index is -0.108. The van der Waals surface area contributed by atoms with Gasteiger partial charge < -0.3 is 9.73 Å². The summed E-state index contributed by atoms with van der Waals surface area (Å²) in [6, 6.07) is 15.3. The van der Waals surface area contributed by atoms with E-state index in [1.54, 1.807) is 0 Å². The van der Waals surface area contributed by atoms with Gasteiger partial charge in [0.2, 0.25) is 5.89 Å². The van der Waals surface area contributed by atoms with Crippen LogP contribution in [0.15, 0.2) is 58.3 Å². The summed E-state index contributed by atoms with van der Waals surface area (Å²) in [5, 5.41) is 4.86. The van der Waals surface area contributed by atoms with E-state index in [-0.39, 0.29) is 5.91 Å². The van der Waals surface area contributed by atoms with Gasteiger partial charge in [-0.25, -0.2) is 4.98 Å². The maximum atomic E-state index is 12.3. The second kappa shape index (κ2) is 6.18. The van der Waals surface area contributed by atoms with Crippen LogP contribution in [0.3, 0.4) is 0 Å². The van der Waals surface area contributed by atoms with E-state index < -0.39 is 0 Å². The van der Waals surface area contributed by atoms with Crippen LogP contribution in [0.2, 0.25) is 0 Å². The van der Waals surface area contributed by atoms with Gasteiger partial charge >= 0.3 is 0 Å². The summed E-state index contributed by atoms with van der Waals surface area (Å²) < 4.78 is 5.90. The van der Waals surface area contributed by atoms with Crippen LogP contribution < -0.4 is 5.32 Å². The minimum absolute atomic E-state index is 0.108. The maximum absolute atomic E-state index is 12.3. The lowest BCUT2D eigenvalue weighted by atomic mass is 10.1. The molecule has 0 fully saturated rings. The van der Waals surface area contributed by atoms with Crippen molar-refractivity contribution >= 4 is 34.0 Å². The van der Waals surface area contributed by atoms with E-state index in [0.717, 1.165) is 33.5 Å². The molecule has 0 aliphatic heterocycles. The summed E-state index contributed by atoms with van der Waals surface area (Å²) in [5.41, 5.74) is 5.29. The van der Waals surface area contributed by atoms with Crippen molar-refractivity contribution < 1.29 is 9.21 Å². The zero-order valence-electron chi connectivity index (χ0n) is 13.9. The third-order valence-electron chi connectivity index (χ3n) is 4.10. The Kier molecular flexibility index (Phi) is 3.86. The molecule has 0 saturated heterocycles. The average molecular weight is 348 g/mol. The first kappa shape index (κ1) is 15.6. The Hall–Kier alpha value is -2.92. The Morgan fingerprint density at radius 2 is 2.00 bits per heavy atom. The number of amides is 1. The Labute approximate surface area is 149 Å². The fourth-order valence-corrected chi connectivity index (χ4v) is 3.37. The van der Waals surface area contributed by atoms with Gasteiger partial charge in [0.05, 0.1) is 4.88 Å². The minimum Gasteiger partial charge on any atom is -0.436 e. The summed E-state index contributed by atoms with van der Waals surface area (Å²) in [6.45, 7) is 3.99. The number of nitrogens with zero attached hydrogens (tertiary/aromatic N) is 1. The molecule has 2 heterocycles. The van der Waals surface area contributed by atoms with Crippen molar-refractivity contribution in [2.45, 2.75) is 13.8 Å². The highest BCUT2D eigenvalue weighted by Crippen LogP contribution is 2.31. The second-order valence-electron chi connectivity index (χ2n) is 5.90. The Morgan fingerprint density at radius 1 is 1.12 bits per heavy atom. The number of benzene rings is 2. The molecule has 4 rings (SSSR count). The lowest BCUT2D eigenvalue weighted by Gasteiger charge is -2.10. The van der Waals surface area contributed by atoms with Gasteiger partial charge in [-0.1, -0.05) is 18.2 Å². The summed E-state index contributed by atoms with van der Waals surface area (Å²) in [6.07, 6.45) is 0. The fourth-order valence-electron chi connectivity index (χ4n) is 2.75. The molecule has 5 heteroatoms. The van der Waals surface area contributed by atoms with E-state index in [0.29, 0.717) is 10.8 Å². The van der Waals surface area contributed by atoms with E-state index in [9.17, 15) is 4.79 Å². The molecule has 124 valence electrons. The Balaban J connectivity index is 1.71. The number of oxazole rings is 1. The van der Waals surface area contributed by atoms with E-state index in [1.807, 2.05) is 67.8 Å². The van der Waals surface area contributed by atoms with Crippen molar-refractivity contribution in [3.8, 4) is 11.5 Å². The van der Waals surface area contributed by atoms with E-state index in [2.05, 4.69) is 10.3 Å². The predicted octanol–water partition coefficient (Wildman–Crippen LogP) is 5.43. The summed E-state index contributed by atoms with van der Waals surface area (Å²) in [7, 11) is 0. The van der Waals surface area contributed by atoms with E-state index in [1.165, 1.54) is 11.3 Å². The van der Waals surface area contributed by atoms with Crippen LogP contribution in [-0.2, 0) is 0 Å². The van der Waals surface area contributed by atoms with Crippen LogP contribution in [0.5, 0.6) is 0 Å². The number of fused-ring (bicyclic) bond motifs is 1. The Bertz CT molecular complexity index is 1060. The largest absolute Gasteiger partial charge is 0.436 e. The molecule has 1 amide bonds. The van der Waals surface area contributed by atoms with Gasteiger partial charge in [-0.2, -0.15) is 0 Å². The van der Waals surface area contributed by atoms with Crippen LogP contribution in [0.4, 0.5) is 5.69 Å². The molecule has 0 unspecified atom stereocenters. The first-order chi connectivity index (χ1) is 12.1. The second-order valence-corrected chi connectivity index (χ2v) is 6.85. The molecule has 0 atom stereocenters. The zero-order chi connectivity index (χ0) is 17.4. The summed E-state index contributed by atoms with van der Waals surface area (Å²) >= 11 is 1.42. The molecule has 0 bridgehead atoms. The maximum Gasteiger partial charge on any atom is 0.265 e. The molecule has 4 nitrogen and oxygen atoms in total. The molecule has 0 aliphatic carbocycles. The highest BCUT2D eigenvalue weighted by atomic mass is 32.1. The third kappa shape index (κ3) is 2.94. The van der Waals surface area contributed by atoms with Crippen molar-refractivity contribution in [1.29, 1.82) is 0 Å². The average Bonchev–Trinajstić information content (AvgIpc) is 3.25. The quantitative estimate of drug-likeness (QED) is 0.537. The van der Waals surface area contributed by atoms with Crippen molar-refractivity contribution in [2.24, 2.45) is 0 Å². The molecule has 2 aromatic carbocycles. The first-order valence-electron chi connectivity index (χ1n) is 7.94. The zero-order valence-corrected chi connectivity index (χ0v) is 14.7. The number of carbonyl (C=O) groups excluding carboxylic acids is 1. The highest BCUT2D eigenvalue weighted by Gasteiger charge is 2.15. The number of nitrogens with one attached hydrogen (secondary N) is 1. The predicted molar refractivity (Wildman–Crippen MR) is 101 cm³/mol.